The van der Waals surface area contributed by atoms with E-state index in [2.05, 4.69) is 12.0 Å². The van der Waals surface area contributed by atoms with Crippen molar-refractivity contribution in [3.8, 4) is 0 Å². The van der Waals surface area contributed by atoms with Gasteiger partial charge < -0.3 is 14.2 Å². The fraction of sp³-hybridized carbons (Fsp3) is 0.714. The number of β-lactam (4-membered cyclic amide) rings is 1. The fourth-order valence-electron chi connectivity index (χ4n) is 2.42. The number of carbonyl (C=O) groups excluding carboxylic acids is 2. The smallest absolute Gasteiger partial charge is 0.426 e. The molecule has 2 atom stereocenters. The summed E-state index contributed by atoms with van der Waals surface area (Å²) in [5, 5.41) is 1.33. The first kappa shape index (κ1) is 15.8. The van der Waals surface area contributed by atoms with Crippen molar-refractivity contribution in [2.24, 2.45) is 0 Å². The highest BCUT2D eigenvalue weighted by molar-refractivity contribution is 5.85. The van der Waals surface area contributed by atoms with Crippen molar-refractivity contribution in [1.82, 2.24) is 10.4 Å². The Morgan fingerprint density at radius 3 is 2.90 bits per heavy atom. The Morgan fingerprint density at radius 1 is 1.57 bits per heavy atom. The Kier molecular flexibility index (Phi) is 4.84. The van der Waals surface area contributed by atoms with E-state index < -0.39 is 11.9 Å². The molecule has 0 aromatic heterocycles. The van der Waals surface area contributed by atoms with Crippen LogP contribution >= 0.6 is 0 Å². The summed E-state index contributed by atoms with van der Waals surface area (Å²) in [5.74, 6) is -0.647. The van der Waals surface area contributed by atoms with E-state index in [9.17, 15) is 9.59 Å². The first-order valence-electron chi connectivity index (χ1n) is 7.09. The molecule has 1 N–H and O–H groups in total. The number of hydrazine groups is 1. The molecule has 2 aliphatic rings. The number of nitrogens with one attached hydrogen (secondary N) is 1. The maximum atomic E-state index is 11.5. The van der Waals surface area contributed by atoms with Crippen molar-refractivity contribution in [2.45, 2.75) is 51.0 Å². The van der Waals surface area contributed by atoms with Crippen LogP contribution in [0.2, 0.25) is 0 Å². The van der Waals surface area contributed by atoms with Crippen LogP contribution in [-0.4, -0.2) is 48.2 Å². The standard InChI is InChI=1S/C14H22N2O5/c1-4-7-19-13(18)15-16-10(8-12(16)17)5-6-11-9-20-14(2,3)21-11/h4,10-11H,1,5-9H2,2-3H3,(H,15,18)/t10-,11?/m1/s1. The molecular weight excluding hydrogens is 276 g/mol. The summed E-state index contributed by atoms with van der Waals surface area (Å²) in [7, 11) is 0. The van der Waals surface area contributed by atoms with Gasteiger partial charge in [-0.2, -0.15) is 0 Å². The zero-order valence-corrected chi connectivity index (χ0v) is 12.5. The zero-order valence-electron chi connectivity index (χ0n) is 12.5. The van der Waals surface area contributed by atoms with Gasteiger partial charge in [-0.25, -0.2) is 15.2 Å². The maximum Gasteiger partial charge on any atom is 0.426 e. The largest absolute Gasteiger partial charge is 0.444 e. The van der Waals surface area contributed by atoms with Gasteiger partial charge in [0, 0.05) is 0 Å². The molecule has 0 aromatic rings. The SMILES string of the molecule is C=CCOC(=O)NN1C(=O)C[C@H]1CCC1COC(C)(C)O1. The van der Waals surface area contributed by atoms with E-state index in [1.165, 1.54) is 11.1 Å². The molecule has 7 nitrogen and oxygen atoms in total. The molecular formula is C14H22N2O5. The predicted molar refractivity (Wildman–Crippen MR) is 74.1 cm³/mol. The topological polar surface area (TPSA) is 77.1 Å². The molecule has 21 heavy (non-hydrogen) atoms. The second-order valence-corrected chi connectivity index (χ2v) is 5.65. The van der Waals surface area contributed by atoms with E-state index in [-0.39, 0.29) is 24.7 Å². The molecule has 2 aliphatic heterocycles. The van der Waals surface area contributed by atoms with E-state index in [0.29, 0.717) is 13.0 Å². The molecule has 2 rings (SSSR count). The van der Waals surface area contributed by atoms with Gasteiger partial charge in [-0.1, -0.05) is 12.7 Å². The van der Waals surface area contributed by atoms with Crippen molar-refractivity contribution in [2.75, 3.05) is 13.2 Å². The second-order valence-electron chi connectivity index (χ2n) is 5.65. The molecule has 0 aliphatic carbocycles. The Morgan fingerprint density at radius 2 is 2.33 bits per heavy atom. The maximum absolute atomic E-state index is 11.5. The van der Waals surface area contributed by atoms with Gasteiger partial charge in [-0.05, 0) is 26.7 Å². The molecule has 2 saturated heterocycles. The van der Waals surface area contributed by atoms with Crippen LogP contribution in [0, 0.1) is 0 Å². The number of carbonyl (C=O) groups is 2. The van der Waals surface area contributed by atoms with E-state index in [1.54, 1.807) is 0 Å². The molecule has 1 unspecified atom stereocenters. The number of hydrogen-bond acceptors (Lipinski definition) is 5. The van der Waals surface area contributed by atoms with E-state index in [0.717, 1.165) is 12.8 Å². The fourth-order valence-corrected chi connectivity index (χ4v) is 2.42. The number of ether oxygens (including phenoxy) is 3. The van der Waals surface area contributed by atoms with Gasteiger partial charge >= 0.3 is 6.09 Å². The first-order chi connectivity index (χ1) is 9.91. The summed E-state index contributed by atoms with van der Waals surface area (Å²) in [6, 6.07) is -0.0129. The van der Waals surface area contributed by atoms with Gasteiger partial charge in [0.2, 0.25) is 5.91 Å². The van der Waals surface area contributed by atoms with E-state index >= 15 is 0 Å². The van der Waals surface area contributed by atoms with Gasteiger partial charge in [0.15, 0.2) is 5.79 Å². The van der Waals surface area contributed by atoms with Crippen LogP contribution in [0.1, 0.15) is 33.1 Å². The van der Waals surface area contributed by atoms with Crippen LogP contribution in [0.15, 0.2) is 12.7 Å². The van der Waals surface area contributed by atoms with Gasteiger partial charge in [-0.3, -0.25) is 4.79 Å². The second kappa shape index (κ2) is 6.44. The summed E-state index contributed by atoms with van der Waals surface area (Å²) in [4.78, 5) is 23.0. The average Bonchev–Trinajstić information content (AvgIpc) is 2.77. The van der Waals surface area contributed by atoms with Crippen LogP contribution in [0.4, 0.5) is 4.79 Å². The Balaban J connectivity index is 1.72. The lowest BCUT2D eigenvalue weighted by Gasteiger charge is -2.39. The van der Waals surface area contributed by atoms with Crippen molar-refractivity contribution in [1.29, 1.82) is 0 Å². The lowest BCUT2D eigenvalue weighted by molar-refractivity contribution is -0.153. The van der Waals surface area contributed by atoms with Crippen LogP contribution in [0.3, 0.4) is 0 Å². The Labute approximate surface area is 124 Å². The third kappa shape index (κ3) is 4.18. The summed E-state index contributed by atoms with van der Waals surface area (Å²) in [5.41, 5.74) is 2.45. The molecule has 2 fully saturated rings. The summed E-state index contributed by atoms with van der Waals surface area (Å²) in [6.45, 7) is 7.88. The molecule has 2 heterocycles. The van der Waals surface area contributed by atoms with Crippen molar-refractivity contribution in [3.05, 3.63) is 12.7 Å². The van der Waals surface area contributed by atoms with Gasteiger partial charge in [0.1, 0.15) is 6.61 Å². The van der Waals surface area contributed by atoms with Gasteiger partial charge in [0.05, 0.1) is 25.2 Å². The minimum absolute atomic E-state index is 0.0129. The molecule has 0 aromatic carbocycles. The summed E-state index contributed by atoms with van der Waals surface area (Å²) >= 11 is 0. The molecule has 2 amide bonds. The summed E-state index contributed by atoms with van der Waals surface area (Å²) < 4.78 is 16.0. The first-order valence-corrected chi connectivity index (χ1v) is 7.09. The molecule has 0 radical (unpaired) electrons. The van der Waals surface area contributed by atoms with Crippen LogP contribution in [0.5, 0.6) is 0 Å². The molecule has 0 spiro atoms. The highest BCUT2D eigenvalue weighted by Gasteiger charge is 2.39. The minimum Gasteiger partial charge on any atom is -0.444 e. The lowest BCUT2D eigenvalue weighted by atomic mass is 9.98. The highest BCUT2D eigenvalue weighted by Crippen LogP contribution is 2.28. The third-order valence-corrected chi connectivity index (χ3v) is 3.48. The average molecular weight is 298 g/mol. The Hall–Kier alpha value is -1.60. The van der Waals surface area contributed by atoms with E-state index in [4.69, 9.17) is 14.2 Å². The molecule has 118 valence electrons. The number of amides is 2. The zero-order chi connectivity index (χ0) is 15.5. The molecule has 0 bridgehead atoms. The minimum atomic E-state index is -0.644. The number of rotatable bonds is 6. The quantitative estimate of drug-likeness (QED) is 0.591. The monoisotopic (exact) mass is 298 g/mol. The van der Waals surface area contributed by atoms with Crippen LogP contribution < -0.4 is 5.43 Å². The Bertz CT molecular complexity index is 424. The third-order valence-electron chi connectivity index (χ3n) is 3.48. The van der Waals surface area contributed by atoms with Gasteiger partial charge in [-0.15, -0.1) is 0 Å². The van der Waals surface area contributed by atoms with Crippen molar-refractivity contribution in [3.63, 3.8) is 0 Å². The van der Waals surface area contributed by atoms with Gasteiger partial charge in [0.25, 0.3) is 0 Å². The summed E-state index contributed by atoms with van der Waals surface area (Å²) in [6.07, 6.45) is 2.81. The van der Waals surface area contributed by atoms with Crippen molar-refractivity contribution >= 4 is 12.0 Å². The number of hydrogen-bond donors (Lipinski definition) is 1. The molecule has 0 saturated carbocycles. The molecule has 7 heteroatoms. The highest BCUT2D eigenvalue weighted by atomic mass is 16.7. The number of nitrogens with zero attached hydrogens (tertiary/aromatic N) is 1. The van der Waals surface area contributed by atoms with Crippen LogP contribution in [0.25, 0.3) is 0 Å². The predicted octanol–water partition coefficient (Wildman–Crippen LogP) is 1.35. The van der Waals surface area contributed by atoms with Crippen molar-refractivity contribution < 1.29 is 23.8 Å². The van der Waals surface area contributed by atoms with Crippen LogP contribution in [-0.2, 0) is 19.0 Å². The normalized spacial score (nSPS) is 27.1. The lowest BCUT2D eigenvalue weighted by Crippen LogP contribution is -2.61. The van der Waals surface area contributed by atoms with E-state index in [1.807, 2.05) is 13.8 Å².